The Labute approximate surface area is 194 Å². The van der Waals surface area contributed by atoms with E-state index in [4.69, 9.17) is 4.74 Å². The van der Waals surface area contributed by atoms with E-state index in [9.17, 15) is 9.59 Å². The summed E-state index contributed by atoms with van der Waals surface area (Å²) in [4.78, 5) is 25.3. The highest BCUT2D eigenvalue weighted by Gasteiger charge is 2.25. The maximum atomic E-state index is 11.8. The fourth-order valence-corrected chi connectivity index (χ4v) is 3.97. The van der Waals surface area contributed by atoms with Crippen LogP contribution in [0, 0.1) is 0 Å². The van der Waals surface area contributed by atoms with Crippen molar-refractivity contribution in [3.8, 4) is 5.75 Å². The SMILES string of the molecule is CCCCCCCCCCCC[N+](C)(C)CCCN(C)c1c(OCC)c(=O)c1=O.[Br-]. The lowest BCUT2D eigenvalue weighted by Gasteiger charge is -2.31. The van der Waals surface area contributed by atoms with Gasteiger partial charge < -0.3 is 31.1 Å². The van der Waals surface area contributed by atoms with Gasteiger partial charge in [-0.05, 0) is 19.8 Å². The zero-order valence-electron chi connectivity index (χ0n) is 20.1. The summed E-state index contributed by atoms with van der Waals surface area (Å²) in [6, 6.07) is 0. The topological polar surface area (TPSA) is 46.6 Å². The van der Waals surface area contributed by atoms with Crippen molar-refractivity contribution in [2.75, 3.05) is 52.3 Å². The van der Waals surface area contributed by atoms with Crippen molar-refractivity contribution in [1.82, 2.24) is 0 Å². The second-order valence-electron chi connectivity index (χ2n) is 9.11. The quantitative estimate of drug-likeness (QED) is 0.178. The summed E-state index contributed by atoms with van der Waals surface area (Å²) in [6.45, 7) is 7.55. The van der Waals surface area contributed by atoms with E-state index in [1.807, 2.05) is 18.9 Å². The molecular weight excluding hydrogens is 444 g/mol. The predicted octanol–water partition coefficient (Wildman–Crippen LogP) is 1.51. The van der Waals surface area contributed by atoms with Crippen LogP contribution in [0.3, 0.4) is 0 Å². The van der Waals surface area contributed by atoms with Gasteiger partial charge in [-0.1, -0.05) is 58.3 Å². The van der Waals surface area contributed by atoms with E-state index >= 15 is 0 Å². The summed E-state index contributed by atoms with van der Waals surface area (Å²) >= 11 is 0. The summed E-state index contributed by atoms with van der Waals surface area (Å²) in [5.74, 6) is 0.249. The van der Waals surface area contributed by atoms with E-state index in [1.165, 1.54) is 70.8 Å². The van der Waals surface area contributed by atoms with Gasteiger partial charge in [-0.3, -0.25) is 9.59 Å². The molecule has 0 unspecified atom stereocenters. The first-order chi connectivity index (χ1) is 13.8. The highest BCUT2D eigenvalue weighted by Crippen LogP contribution is 2.21. The molecule has 0 spiro atoms. The Hall–Kier alpha value is -0.880. The van der Waals surface area contributed by atoms with Crippen molar-refractivity contribution in [1.29, 1.82) is 0 Å². The number of halogens is 1. The van der Waals surface area contributed by atoms with Crippen molar-refractivity contribution in [2.45, 2.75) is 84.5 Å². The summed E-state index contributed by atoms with van der Waals surface area (Å²) in [6.07, 6.45) is 14.7. The molecule has 0 radical (unpaired) electrons. The van der Waals surface area contributed by atoms with Crippen LogP contribution >= 0.6 is 0 Å². The first kappa shape index (κ1) is 29.1. The number of anilines is 1. The van der Waals surface area contributed by atoms with Gasteiger partial charge in [0.25, 0.3) is 10.9 Å². The minimum absolute atomic E-state index is 0. The molecule has 1 aromatic carbocycles. The van der Waals surface area contributed by atoms with Crippen molar-refractivity contribution >= 4 is 5.69 Å². The summed E-state index contributed by atoms with van der Waals surface area (Å²) in [7, 11) is 6.45. The molecule has 30 heavy (non-hydrogen) atoms. The molecule has 0 saturated carbocycles. The minimum atomic E-state index is -0.481. The zero-order chi connectivity index (χ0) is 21.7. The van der Waals surface area contributed by atoms with Crippen LogP contribution in [0.15, 0.2) is 9.59 Å². The average Bonchev–Trinajstić information content (AvgIpc) is 2.68. The largest absolute Gasteiger partial charge is 1.00 e. The van der Waals surface area contributed by atoms with E-state index < -0.39 is 10.9 Å². The number of nitrogens with zero attached hydrogens (tertiary/aromatic N) is 2. The van der Waals surface area contributed by atoms with E-state index in [-0.39, 0.29) is 22.7 Å². The molecular formula is C24H45BrN2O3. The molecule has 0 aliphatic carbocycles. The number of ether oxygens (including phenoxy) is 1. The monoisotopic (exact) mass is 488 g/mol. The van der Waals surface area contributed by atoms with Gasteiger partial charge in [0.15, 0.2) is 5.75 Å². The molecule has 0 N–H and O–H groups in total. The minimum Gasteiger partial charge on any atom is -1.00 e. The molecule has 0 fully saturated rings. The molecule has 0 heterocycles. The lowest BCUT2D eigenvalue weighted by Crippen LogP contribution is -3.00. The summed E-state index contributed by atoms with van der Waals surface area (Å²) < 4.78 is 6.33. The van der Waals surface area contributed by atoms with Crippen LogP contribution in [-0.4, -0.2) is 51.9 Å². The first-order valence-corrected chi connectivity index (χ1v) is 11.8. The predicted molar refractivity (Wildman–Crippen MR) is 124 cm³/mol. The molecule has 1 aromatic rings. The third kappa shape index (κ3) is 10.4. The lowest BCUT2D eigenvalue weighted by molar-refractivity contribution is -0.890. The molecule has 0 aromatic heterocycles. The fourth-order valence-electron chi connectivity index (χ4n) is 3.97. The molecule has 176 valence electrons. The summed E-state index contributed by atoms with van der Waals surface area (Å²) in [5.41, 5.74) is -0.433. The molecule has 0 atom stereocenters. The second-order valence-corrected chi connectivity index (χ2v) is 9.11. The number of quaternary nitrogens is 1. The average molecular weight is 490 g/mol. The molecule has 1 rings (SSSR count). The van der Waals surface area contributed by atoms with Gasteiger partial charge in [-0.15, -0.1) is 0 Å². The van der Waals surface area contributed by atoms with E-state index in [2.05, 4.69) is 21.0 Å². The van der Waals surface area contributed by atoms with Gasteiger partial charge in [-0.25, -0.2) is 0 Å². The van der Waals surface area contributed by atoms with Gasteiger partial charge in [0.05, 0.1) is 33.8 Å². The van der Waals surface area contributed by atoms with E-state index in [0.717, 1.165) is 24.0 Å². The Morgan fingerprint density at radius 2 is 1.27 bits per heavy atom. The molecule has 0 aliphatic rings. The van der Waals surface area contributed by atoms with Gasteiger partial charge in [0.1, 0.15) is 5.69 Å². The molecule has 5 nitrogen and oxygen atoms in total. The maximum absolute atomic E-state index is 11.8. The van der Waals surface area contributed by atoms with Crippen LogP contribution in [0.25, 0.3) is 0 Å². The van der Waals surface area contributed by atoms with Crippen LogP contribution in [0.2, 0.25) is 0 Å². The number of rotatable bonds is 18. The van der Waals surface area contributed by atoms with Crippen molar-refractivity contribution in [3.63, 3.8) is 0 Å². The number of unbranched alkanes of at least 4 members (excludes halogenated alkanes) is 9. The Bertz CT molecular complexity index is 639. The van der Waals surface area contributed by atoms with Gasteiger partial charge >= 0.3 is 0 Å². The highest BCUT2D eigenvalue weighted by molar-refractivity contribution is 5.63. The van der Waals surface area contributed by atoms with Gasteiger partial charge in [0, 0.05) is 20.0 Å². The normalized spacial score (nSPS) is 11.5. The molecule has 0 saturated heterocycles. The van der Waals surface area contributed by atoms with Crippen LogP contribution < -0.4 is 37.5 Å². The van der Waals surface area contributed by atoms with E-state index in [0.29, 0.717) is 12.3 Å². The van der Waals surface area contributed by atoms with Crippen molar-refractivity contribution in [2.24, 2.45) is 0 Å². The zero-order valence-corrected chi connectivity index (χ0v) is 21.7. The van der Waals surface area contributed by atoms with Crippen molar-refractivity contribution in [3.05, 3.63) is 20.4 Å². The Morgan fingerprint density at radius 3 is 1.80 bits per heavy atom. The number of hydrogen-bond acceptors (Lipinski definition) is 4. The first-order valence-electron chi connectivity index (χ1n) is 11.8. The van der Waals surface area contributed by atoms with Gasteiger partial charge in [0.2, 0.25) is 0 Å². The van der Waals surface area contributed by atoms with Gasteiger partial charge in [-0.2, -0.15) is 0 Å². The highest BCUT2D eigenvalue weighted by atomic mass is 79.9. The third-order valence-corrected chi connectivity index (χ3v) is 5.89. The van der Waals surface area contributed by atoms with Crippen LogP contribution in [0.4, 0.5) is 5.69 Å². The Morgan fingerprint density at radius 1 is 0.767 bits per heavy atom. The molecule has 0 bridgehead atoms. The second kappa shape index (κ2) is 15.9. The molecule has 6 heteroatoms. The number of hydrogen-bond donors (Lipinski definition) is 0. The smallest absolute Gasteiger partial charge is 0.272 e. The van der Waals surface area contributed by atoms with E-state index in [1.54, 1.807) is 0 Å². The summed E-state index contributed by atoms with van der Waals surface area (Å²) in [5, 5.41) is 0. The Balaban J connectivity index is 0.00000841. The van der Waals surface area contributed by atoms with Crippen molar-refractivity contribution < 1.29 is 26.2 Å². The van der Waals surface area contributed by atoms with Crippen LogP contribution in [0.5, 0.6) is 5.75 Å². The van der Waals surface area contributed by atoms with Crippen LogP contribution in [-0.2, 0) is 0 Å². The molecule has 0 aliphatic heterocycles. The lowest BCUT2D eigenvalue weighted by atomic mass is 10.1. The molecule has 0 amide bonds. The standard InChI is InChI=1S/C24H45N2O3.BrH/c1-6-8-9-10-11-12-13-14-15-16-19-26(4,5)20-17-18-25(3)21-22(27)23(28)24(21)29-7-2;/h6-20H2,1-5H3;1H/q+1;/p-1. The maximum Gasteiger partial charge on any atom is 0.272 e. The van der Waals surface area contributed by atoms with Crippen LogP contribution in [0.1, 0.15) is 84.5 Å². The third-order valence-electron chi connectivity index (χ3n) is 5.89. The Kier molecular flexibility index (Phi) is 15.4. The fraction of sp³-hybridized carbons (Fsp3) is 0.833.